The maximum absolute atomic E-state index is 14.4. The second-order valence-corrected chi connectivity index (χ2v) is 7.34. The molecule has 11 heteroatoms. The van der Waals surface area contributed by atoms with Gasteiger partial charge in [0.1, 0.15) is 23.0 Å². The quantitative estimate of drug-likeness (QED) is 0.523. The monoisotopic (exact) mass is 433 g/mol. The molecule has 0 saturated heterocycles. The van der Waals surface area contributed by atoms with Crippen LogP contribution in [0.1, 0.15) is 35.9 Å². The molecule has 4 nitrogen and oxygen atoms in total. The first-order chi connectivity index (χ1) is 13.5. The summed E-state index contributed by atoms with van der Waals surface area (Å²) in [6, 6.07) is 3.92. The van der Waals surface area contributed by atoms with E-state index in [-0.39, 0.29) is 15.6 Å². The standard InChI is InChI=1S/C18H13F6N3OS/c1-8(2)27-12(7-13(26-27)18(22,23)24)16-11(21)6-14(29-16)25-17(28)15-9(19)4-3-5-10(15)20/h3-8H,1-2H3,(H,25,28). The number of anilines is 1. The molecule has 3 rings (SSSR count). The minimum atomic E-state index is -4.72. The number of thiophene rings is 1. The highest BCUT2D eigenvalue weighted by atomic mass is 32.1. The van der Waals surface area contributed by atoms with E-state index in [0.717, 1.165) is 28.9 Å². The lowest BCUT2D eigenvalue weighted by Gasteiger charge is -2.09. The summed E-state index contributed by atoms with van der Waals surface area (Å²) in [7, 11) is 0. The molecule has 0 spiro atoms. The number of nitrogens with one attached hydrogen (secondary N) is 1. The van der Waals surface area contributed by atoms with E-state index in [1.54, 1.807) is 13.8 Å². The molecule has 1 amide bonds. The van der Waals surface area contributed by atoms with Crippen molar-refractivity contribution in [3.8, 4) is 10.6 Å². The van der Waals surface area contributed by atoms with Crippen molar-refractivity contribution in [2.45, 2.75) is 26.1 Å². The number of carbonyl (C=O) groups is 1. The van der Waals surface area contributed by atoms with Crippen LogP contribution in [0.4, 0.5) is 31.3 Å². The van der Waals surface area contributed by atoms with Crippen LogP contribution < -0.4 is 5.32 Å². The molecule has 0 radical (unpaired) electrons. The molecule has 3 aromatic rings. The van der Waals surface area contributed by atoms with Gasteiger partial charge in [-0.15, -0.1) is 11.3 Å². The fourth-order valence-corrected chi connectivity index (χ4v) is 3.53. The molecule has 29 heavy (non-hydrogen) atoms. The first-order valence-electron chi connectivity index (χ1n) is 8.21. The molecule has 0 aliphatic heterocycles. The van der Waals surface area contributed by atoms with Crippen molar-refractivity contribution in [1.82, 2.24) is 9.78 Å². The van der Waals surface area contributed by atoms with Gasteiger partial charge < -0.3 is 5.32 Å². The smallest absolute Gasteiger partial charge is 0.313 e. The highest BCUT2D eigenvalue weighted by molar-refractivity contribution is 7.19. The highest BCUT2D eigenvalue weighted by Gasteiger charge is 2.36. The number of nitrogens with zero attached hydrogens (tertiary/aromatic N) is 2. The number of aromatic nitrogens is 2. The van der Waals surface area contributed by atoms with E-state index in [4.69, 9.17) is 0 Å². The zero-order valence-electron chi connectivity index (χ0n) is 14.9. The number of alkyl halides is 3. The Hall–Kier alpha value is -2.82. The largest absolute Gasteiger partial charge is 0.435 e. The maximum atomic E-state index is 14.4. The predicted octanol–water partition coefficient (Wildman–Crippen LogP) is 5.88. The third-order valence-corrected chi connectivity index (χ3v) is 4.91. The van der Waals surface area contributed by atoms with E-state index >= 15 is 0 Å². The maximum Gasteiger partial charge on any atom is 0.435 e. The van der Waals surface area contributed by atoms with Crippen molar-refractivity contribution in [1.29, 1.82) is 0 Å². The zero-order valence-corrected chi connectivity index (χ0v) is 15.8. The SMILES string of the molecule is CC(C)n1nc(C(F)(F)F)cc1-c1sc(NC(=O)c2c(F)cccc2F)cc1F. The summed E-state index contributed by atoms with van der Waals surface area (Å²) in [5.41, 5.74) is -2.17. The Morgan fingerprint density at radius 1 is 1.10 bits per heavy atom. The van der Waals surface area contributed by atoms with Gasteiger partial charge in [0, 0.05) is 12.1 Å². The van der Waals surface area contributed by atoms with E-state index in [1.165, 1.54) is 0 Å². The van der Waals surface area contributed by atoms with Gasteiger partial charge in [-0.3, -0.25) is 9.48 Å². The number of hydrogen-bond donors (Lipinski definition) is 1. The van der Waals surface area contributed by atoms with Crippen LogP contribution >= 0.6 is 11.3 Å². The molecule has 0 aliphatic carbocycles. The summed E-state index contributed by atoms with van der Waals surface area (Å²) in [5.74, 6) is -4.27. The first-order valence-corrected chi connectivity index (χ1v) is 9.02. The van der Waals surface area contributed by atoms with Crippen LogP contribution in [0.3, 0.4) is 0 Å². The average Bonchev–Trinajstić information content (AvgIpc) is 3.18. The number of amides is 1. The lowest BCUT2D eigenvalue weighted by molar-refractivity contribution is -0.141. The van der Waals surface area contributed by atoms with Gasteiger partial charge in [0.15, 0.2) is 5.69 Å². The Bertz CT molecular complexity index is 1050. The van der Waals surface area contributed by atoms with Crippen molar-refractivity contribution in [3.63, 3.8) is 0 Å². The molecule has 0 bridgehead atoms. The normalized spacial score (nSPS) is 11.9. The lowest BCUT2D eigenvalue weighted by atomic mass is 10.2. The number of hydrogen-bond acceptors (Lipinski definition) is 3. The van der Waals surface area contributed by atoms with Crippen LogP contribution in [0.2, 0.25) is 0 Å². The number of benzene rings is 1. The molecule has 0 unspecified atom stereocenters. The van der Waals surface area contributed by atoms with Gasteiger partial charge in [-0.2, -0.15) is 18.3 Å². The molecule has 154 valence electrons. The van der Waals surface area contributed by atoms with E-state index in [0.29, 0.717) is 17.4 Å². The topological polar surface area (TPSA) is 46.9 Å². The predicted molar refractivity (Wildman–Crippen MR) is 95.2 cm³/mol. The van der Waals surface area contributed by atoms with Crippen LogP contribution in [0.25, 0.3) is 10.6 Å². The number of rotatable bonds is 4. The molecule has 1 N–H and O–H groups in total. The Balaban J connectivity index is 1.98. The van der Waals surface area contributed by atoms with E-state index < -0.39 is 46.8 Å². The molecule has 2 heterocycles. The molecule has 0 atom stereocenters. The Labute approximate surface area is 164 Å². The van der Waals surface area contributed by atoms with Gasteiger partial charge in [0.05, 0.1) is 15.6 Å². The summed E-state index contributed by atoms with van der Waals surface area (Å²) in [6.45, 7) is 3.15. The van der Waals surface area contributed by atoms with Gasteiger partial charge >= 0.3 is 6.18 Å². The summed E-state index contributed by atoms with van der Waals surface area (Å²) < 4.78 is 81.9. The average molecular weight is 433 g/mol. The fourth-order valence-electron chi connectivity index (χ4n) is 2.59. The summed E-state index contributed by atoms with van der Waals surface area (Å²) in [6.07, 6.45) is -4.72. The third-order valence-electron chi connectivity index (χ3n) is 3.86. The minimum Gasteiger partial charge on any atom is -0.313 e. The fraction of sp³-hybridized carbons (Fsp3) is 0.222. The molecular weight excluding hydrogens is 420 g/mol. The Kier molecular flexibility index (Phi) is 5.44. The van der Waals surface area contributed by atoms with Crippen LogP contribution in [0, 0.1) is 17.5 Å². The van der Waals surface area contributed by atoms with E-state index in [9.17, 15) is 31.1 Å². The lowest BCUT2D eigenvalue weighted by Crippen LogP contribution is -2.15. The van der Waals surface area contributed by atoms with Crippen molar-refractivity contribution < 1.29 is 31.1 Å². The second-order valence-electron chi connectivity index (χ2n) is 6.29. The van der Waals surface area contributed by atoms with Gasteiger partial charge in [-0.05, 0) is 32.0 Å². The second kappa shape index (κ2) is 7.54. The highest BCUT2D eigenvalue weighted by Crippen LogP contribution is 2.39. The summed E-state index contributed by atoms with van der Waals surface area (Å²) >= 11 is 0.623. The van der Waals surface area contributed by atoms with Crippen molar-refractivity contribution in [2.24, 2.45) is 0 Å². The van der Waals surface area contributed by atoms with E-state index in [1.807, 2.05) is 0 Å². The van der Waals surface area contributed by atoms with Gasteiger partial charge in [0.25, 0.3) is 5.91 Å². The third kappa shape index (κ3) is 4.14. The van der Waals surface area contributed by atoms with Crippen LogP contribution in [0.15, 0.2) is 30.3 Å². The van der Waals surface area contributed by atoms with Crippen molar-refractivity contribution in [3.05, 3.63) is 59.0 Å². The van der Waals surface area contributed by atoms with Gasteiger partial charge in [-0.25, -0.2) is 13.2 Å². The zero-order chi connectivity index (χ0) is 21.5. The number of halogens is 6. The molecule has 0 aliphatic rings. The van der Waals surface area contributed by atoms with Crippen LogP contribution in [-0.2, 0) is 6.18 Å². The molecule has 2 aromatic heterocycles. The van der Waals surface area contributed by atoms with Gasteiger partial charge in [-0.1, -0.05) is 6.07 Å². The Morgan fingerprint density at radius 3 is 2.28 bits per heavy atom. The minimum absolute atomic E-state index is 0.129. The van der Waals surface area contributed by atoms with Crippen molar-refractivity contribution >= 4 is 22.2 Å². The molecular formula is C18H13F6N3OS. The first kappa shape index (κ1) is 20.9. The molecule has 1 aromatic carbocycles. The Morgan fingerprint density at radius 2 is 1.72 bits per heavy atom. The summed E-state index contributed by atoms with van der Waals surface area (Å²) in [4.78, 5) is 11.9. The van der Waals surface area contributed by atoms with Crippen LogP contribution in [-0.4, -0.2) is 15.7 Å². The van der Waals surface area contributed by atoms with Gasteiger partial charge in [0.2, 0.25) is 0 Å². The van der Waals surface area contributed by atoms with E-state index in [2.05, 4.69) is 10.4 Å². The number of carbonyl (C=O) groups excluding carboxylic acids is 1. The molecule has 0 saturated carbocycles. The molecule has 0 fully saturated rings. The van der Waals surface area contributed by atoms with Crippen LogP contribution in [0.5, 0.6) is 0 Å². The van der Waals surface area contributed by atoms with Crippen molar-refractivity contribution in [2.75, 3.05) is 5.32 Å². The summed E-state index contributed by atoms with van der Waals surface area (Å²) in [5, 5.41) is 5.52.